The van der Waals surface area contributed by atoms with Crippen molar-refractivity contribution in [3.63, 3.8) is 0 Å². The fourth-order valence-electron chi connectivity index (χ4n) is 4.82. The van der Waals surface area contributed by atoms with Gasteiger partial charge in [-0.3, -0.25) is 4.90 Å². The van der Waals surface area contributed by atoms with Crippen LogP contribution in [0.15, 0.2) is 60.7 Å². The van der Waals surface area contributed by atoms with Crippen molar-refractivity contribution in [1.29, 1.82) is 0 Å². The van der Waals surface area contributed by atoms with Crippen LogP contribution in [0.2, 0.25) is 5.02 Å². The molecule has 2 atom stereocenters. The number of hydrogen-bond acceptors (Lipinski definition) is 3. The molecule has 2 aliphatic rings. The van der Waals surface area contributed by atoms with Gasteiger partial charge in [-0.2, -0.15) is 0 Å². The summed E-state index contributed by atoms with van der Waals surface area (Å²) in [4.78, 5) is 2.58. The number of rotatable bonds is 2. The van der Waals surface area contributed by atoms with Crippen LogP contribution in [0.25, 0.3) is 0 Å². The van der Waals surface area contributed by atoms with Crippen molar-refractivity contribution in [2.45, 2.75) is 24.9 Å². The topological polar surface area (TPSA) is 32.7 Å². The molecule has 0 fully saturated rings. The molecule has 0 saturated carbocycles. The molecule has 0 aromatic heterocycles. The van der Waals surface area contributed by atoms with Gasteiger partial charge in [0.15, 0.2) is 0 Å². The van der Waals surface area contributed by atoms with Crippen LogP contribution in [0.5, 0.6) is 11.5 Å². The number of fused-ring (bicyclic) bond motifs is 4. The first-order chi connectivity index (χ1) is 13.7. The van der Waals surface area contributed by atoms with Gasteiger partial charge in [-0.25, -0.2) is 0 Å². The van der Waals surface area contributed by atoms with E-state index in [0.717, 1.165) is 25.1 Å². The van der Waals surface area contributed by atoms with Crippen LogP contribution in [0, 0.1) is 0 Å². The molecule has 2 aliphatic heterocycles. The highest BCUT2D eigenvalue weighted by Gasteiger charge is 2.39. The lowest BCUT2D eigenvalue weighted by molar-refractivity contribution is 0.129. The molecule has 5 rings (SSSR count). The number of phenols is 1. The average molecular weight is 392 g/mol. The summed E-state index contributed by atoms with van der Waals surface area (Å²) in [5.74, 6) is 1.07. The highest BCUT2D eigenvalue weighted by Crippen LogP contribution is 2.48. The maximum Gasteiger partial charge on any atom is 0.134 e. The maximum atomic E-state index is 10.2. The summed E-state index contributed by atoms with van der Waals surface area (Å²) in [7, 11) is 1.71. The Morgan fingerprint density at radius 1 is 1.00 bits per heavy atom. The van der Waals surface area contributed by atoms with Gasteiger partial charge in [0.25, 0.3) is 0 Å². The van der Waals surface area contributed by atoms with Crippen LogP contribution in [-0.2, 0) is 12.8 Å². The summed E-state index contributed by atoms with van der Waals surface area (Å²) in [5.41, 5.74) is 6.33. The van der Waals surface area contributed by atoms with Crippen LogP contribution in [0.1, 0.15) is 39.9 Å². The van der Waals surface area contributed by atoms with E-state index >= 15 is 0 Å². The lowest BCUT2D eigenvalue weighted by Gasteiger charge is -2.47. The number of nitrogens with zero attached hydrogens (tertiary/aromatic N) is 1. The number of halogens is 1. The lowest BCUT2D eigenvalue weighted by Crippen LogP contribution is -2.43. The Balaban J connectivity index is 1.68. The smallest absolute Gasteiger partial charge is 0.134 e. The molecule has 1 unspecified atom stereocenters. The average Bonchev–Trinajstić information content (AvgIpc) is 2.73. The molecule has 0 spiro atoms. The van der Waals surface area contributed by atoms with E-state index in [-0.39, 0.29) is 17.8 Å². The van der Waals surface area contributed by atoms with Gasteiger partial charge in [-0.1, -0.05) is 48.0 Å². The fraction of sp³-hybridized carbons (Fsp3) is 0.250. The zero-order chi connectivity index (χ0) is 19.3. The molecule has 142 valence electrons. The number of hydrogen-bond donors (Lipinski definition) is 1. The minimum atomic E-state index is 0.128. The second kappa shape index (κ2) is 6.84. The summed E-state index contributed by atoms with van der Waals surface area (Å²) in [6.45, 7) is 0.975. The van der Waals surface area contributed by atoms with Gasteiger partial charge in [0, 0.05) is 12.6 Å². The zero-order valence-corrected chi connectivity index (χ0v) is 16.5. The molecule has 0 amide bonds. The van der Waals surface area contributed by atoms with Gasteiger partial charge in [0.1, 0.15) is 11.5 Å². The van der Waals surface area contributed by atoms with E-state index in [4.69, 9.17) is 16.3 Å². The molecule has 0 saturated heterocycles. The molecule has 0 bridgehead atoms. The van der Waals surface area contributed by atoms with Crippen LogP contribution < -0.4 is 4.74 Å². The van der Waals surface area contributed by atoms with Gasteiger partial charge < -0.3 is 9.84 Å². The Kier molecular flexibility index (Phi) is 4.30. The molecular formula is C24H22ClNO2. The number of methoxy groups -OCH3 is 1. The van der Waals surface area contributed by atoms with E-state index in [1.807, 2.05) is 18.2 Å². The summed E-state index contributed by atoms with van der Waals surface area (Å²) in [5, 5.41) is 10.6. The first-order valence-electron chi connectivity index (χ1n) is 9.64. The Morgan fingerprint density at radius 3 is 2.61 bits per heavy atom. The summed E-state index contributed by atoms with van der Waals surface area (Å²) in [6, 6.07) is 21.2. The highest BCUT2D eigenvalue weighted by atomic mass is 35.5. The Labute approximate surface area is 170 Å². The van der Waals surface area contributed by atoms with E-state index in [2.05, 4.69) is 47.4 Å². The Morgan fingerprint density at radius 2 is 1.82 bits per heavy atom. The maximum absolute atomic E-state index is 10.2. The quantitative estimate of drug-likeness (QED) is 0.643. The third-order valence-electron chi connectivity index (χ3n) is 6.11. The molecule has 28 heavy (non-hydrogen) atoms. The number of benzene rings is 3. The monoisotopic (exact) mass is 391 g/mol. The summed E-state index contributed by atoms with van der Waals surface area (Å²) >= 11 is 6.31. The standard InChI is InChI=1S/C24H22ClNO2/c1-28-18-7-8-19-16(11-18)9-10-26-22(19)12-17-13-23(27)21(25)14-20(17)24(26)15-5-3-2-4-6-15/h2-8,11,13-14,22,24,27H,9-10,12H2,1H3/t22-,24?/m0/s1. The largest absolute Gasteiger partial charge is 0.506 e. The third kappa shape index (κ3) is 2.78. The molecule has 4 heteroatoms. The van der Waals surface area contributed by atoms with E-state index in [0.29, 0.717) is 5.02 Å². The molecule has 0 aliphatic carbocycles. The van der Waals surface area contributed by atoms with Crippen molar-refractivity contribution in [3.05, 3.63) is 93.5 Å². The van der Waals surface area contributed by atoms with Crippen LogP contribution in [0.4, 0.5) is 0 Å². The number of phenolic OH excluding ortho intramolecular Hbond substituents is 1. The van der Waals surface area contributed by atoms with E-state index in [1.165, 1.54) is 27.8 Å². The van der Waals surface area contributed by atoms with Crippen molar-refractivity contribution >= 4 is 11.6 Å². The predicted molar refractivity (Wildman–Crippen MR) is 111 cm³/mol. The molecule has 3 aromatic carbocycles. The number of aromatic hydroxyl groups is 1. The second-order valence-corrected chi connectivity index (χ2v) is 8.00. The SMILES string of the molecule is COc1ccc2c(c1)CCN1C(c3ccccc3)c3cc(Cl)c(O)cc3C[C@@H]21. The normalized spacial score (nSPS) is 20.8. The third-order valence-corrected chi connectivity index (χ3v) is 6.42. The molecule has 2 heterocycles. The second-order valence-electron chi connectivity index (χ2n) is 7.59. The minimum absolute atomic E-state index is 0.128. The fourth-order valence-corrected chi connectivity index (χ4v) is 4.99. The number of ether oxygens (including phenoxy) is 1. The molecule has 3 aromatic rings. The molecule has 1 N–H and O–H groups in total. The van der Waals surface area contributed by atoms with Gasteiger partial charge >= 0.3 is 0 Å². The van der Waals surface area contributed by atoms with Crippen molar-refractivity contribution in [3.8, 4) is 11.5 Å². The zero-order valence-electron chi connectivity index (χ0n) is 15.7. The van der Waals surface area contributed by atoms with Crippen molar-refractivity contribution in [1.82, 2.24) is 4.90 Å². The molecule has 3 nitrogen and oxygen atoms in total. The lowest BCUT2D eigenvalue weighted by atomic mass is 9.79. The summed E-state index contributed by atoms with van der Waals surface area (Å²) < 4.78 is 5.43. The summed E-state index contributed by atoms with van der Waals surface area (Å²) in [6.07, 6.45) is 1.86. The van der Waals surface area contributed by atoms with E-state index in [1.54, 1.807) is 7.11 Å². The first-order valence-corrected chi connectivity index (χ1v) is 10.0. The van der Waals surface area contributed by atoms with Gasteiger partial charge in [-0.15, -0.1) is 0 Å². The Hall–Kier alpha value is -2.49. The van der Waals surface area contributed by atoms with Gasteiger partial charge in [-0.05, 0) is 64.9 Å². The predicted octanol–water partition coefficient (Wildman–Crippen LogP) is 5.30. The molecular weight excluding hydrogens is 370 g/mol. The van der Waals surface area contributed by atoms with E-state index < -0.39 is 0 Å². The van der Waals surface area contributed by atoms with Crippen LogP contribution in [0.3, 0.4) is 0 Å². The van der Waals surface area contributed by atoms with Crippen molar-refractivity contribution in [2.24, 2.45) is 0 Å². The van der Waals surface area contributed by atoms with Crippen molar-refractivity contribution in [2.75, 3.05) is 13.7 Å². The first kappa shape index (κ1) is 17.6. The molecule has 0 radical (unpaired) electrons. The van der Waals surface area contributed by atoms with Crippen LogP contribution in [-0.4, -0.2) is 23.7 Å². The van der Waals surface area contributed by atoms with Gasteiger partial charge in [0.2, 0.25) is 0 Å². The highest BCUT2D eigenvalue weighted by molar-refractivity contribution is 6.32. The van der Waals surface area contributed by atoms with Crippen LogP contribution >= 0.6 is 11.6 Å². The van der Waals surface area contributed by atoms with Gasteiger partial charge in [0.05, 0.1) is 18.2 Å². The minimum Gasteiger partial charge on any atom is -0.506 e. The van der Waals surface area contributed by atoms with Crippen molar-refractivity contribution < 1.29 is 9.84 Å². The Bertz CT molecular complexity index is 1030. The van der Waals surface area contributed by atoms with E-state index in [9.17, 15) is 5.11 Å².